The zero-order valence-electron chi connectivity index (χ0n) is 9.62. The molecule has 2 nitrogen and oxygen atoms in total. The van der Waals surface area contributed by atoms with Crippen molar-refractivity contribution in [3.63, 3.8) is 0 Å². The number of likely N-dealkylation sites (tertiary alicyclic amines) is 1. The fraction of sp³-hybridized carbons (Fsp3) is 0.538. The van der Waals surface area contributed by atoms with Gasteiger partial charge in [-0.2, -0.15) is 0 Å². The molecule has 0 aromatic heterocycles. The summed E-state index contributed by atoms with van der Waals surface area (Å²) in [5.74, 6) is 0. The summed E-state index contributed by atoms with van der Waals surface area (Å²) in [5, 5.41) is 0. The molecule has 0 amide bonds. The highest BCUT2D eigenvalue weighted by Gasteiger charge is 2.30. The number of hydrogen-bond donors (Lipinski definition) is 0. The molecule has 0 spiro atoms. The molecular weight excluding hydrogens is 264 g/mol. The highest BCUT2D eigenvalue weighted by molar-refractivity contribution is 9.10. The molecule has 1 fully saturated rings. The second-order valence-corrected chi connectivity index (χ2v) is 5.84. The maximum atomic E-state index is 3.55. The zero-order valence-corrected chi connectivity index (χ0v) is 11.2. The van der Waals surface area contributed by atoms with Crippen molar-refractivity contribution < 1.29 is 0 Å². The summed E-state index contributed by atoms with van der Waals surface area (Å²) in [6.45, 7) is 3.66. The molecule has 1 aromatic rings. The Hall–Kier alpha value is -0.540. The summed E-state index contributed by atoms with van der Waals surface area (Å²) >= 11 is 3.55. The van der Waals surface area contributed by atoms with Gasteiger partial charge in [0.25, 0.3) is 0 Å². The van der Waals surface area contributed by atoms with Gasteiger partial charge < -0.3 is 9.80 Å². The molecule has 2 heterocycles. The van der Waals surface area contributed by atoms with Gasteiger partial charge in [-0.3, -0.25) is 0 Å². The van der Waals surface area contributed by atoms with Crippen LogP contribution in [-0.2, 0) is 6.42 Å². The van der Waals surface area contributed by atoms with Crippen molar-refractivity contribution in [2.24, 2.45) is 0 Å². The molecular formula is C13H17BrN2. The quantitative estimate of drug-likeness (QED) is 0.780. The van der Waals surface area contributed by atoms with Gasteiger partial charge in [0.15, 0.2) is 0 Å². The molecule has 2 aliphatic rings. The van der Waals surface area contributed by atoms with Gasteiger partial charge in [0.05, 0.1) is 0 Å². The van der Waals surface area contributed by atoms with Gasteiger partial charge in [-0.15, -0.1) is 0 Å². The number of rotatable bonds is 1. The lowest BCUT2D eigenvalue weighted by atomic mass is 10.1. The van der Waals surface area contributed by atoms with Crippen molar-refractivity contribution >= 4 is 21.6 Å². The van der Waals surface area contributed by atoms with Crippen molar-refractivity contribution in [3.8, 4) is 0 Å². The minimum atomic E-state index is 0.729. The Balaban J connectivity index is 1.86. The normalized spacial score (nSPS) is 25.1. The second-order valence-electron chi connectivity index (χ2n) is 4.92. The Morgan fingerprint density at radius 1 is 1.31 bits per heavy atom. The van der Waals surface area contributed by atoms with E-state index in [1.54, 1.807) is 0 Å². The van der Waals surface area contributed by atoms with Crippen LogP contribution in [0.5, 0.6) is 0 Å². The van der Waals surface area contributed by atoms with Gasteiger partial charge in [0.1, 0.15) is 0 Å². The molecule has 0 aliphatic carbocycles. The van der Waals surface area contributed by atoms with E-state index >= 15 is 0 Å². The van der Waals surface area contributed by atoms with Crippen LogP contribution in [0.25, 0.3) is 0 Å². The maximum Gasteiger partial charge on any atom is 0.0429 e. The Morgan fingerprint density at radius 3 is 2.94 bits per heavy atom. The Labute approximate surface area is 105 Å². The summed E-state index contributed by atoms with van der Waals surface area (Å²) in [6.07, 6.45) is 2.51. The predicted octanol–water partition coefficient (Wildman–Crippen LogP) is 2.52. The van der Waals surface area contributed by atoms with E-state index in [9.17, 15) is 0 Å². The molecule has 1 unspecified atom stereocenters. The number of hydrogen-bond acceptors (Lipinski definition) is 2. The number of halogens is 1. The van der Waals surface area contributed by atoms with Crippen LogP contribution in [0.2, 0.25) is 0 Å². The molecule has 1 aromatic carbocycles. The maximum absolute atomic E-state index is 3.55. The first-order valence-electron chi connectivity index (χ1n) is 5.97. The van der Waals surface area contributed by atoms with Crippen LogP contribution < -0.4 is 4.90 Å². The van der Waals surface area contributed by atoms with Gasteiger partial charge >= 0.3 is 0 Å². The first kappa shape index (κ1) is 10.6. The summed E-state index contributed by atoms with van der Waals surface area (Å²) in [5.41, 5.74) is 2.97. The standard InChI is InChI=1S/C13H17BrN2/c1-15-6-5-12(9-15)16-7-4-10-8-11(14)2-3-13(10)16/h2-3,8,12H,4-7,9H2,1H3. The van der Waals surface area contributed by atoms with E-state index in [2.05, 4.69) is 51.0 Å². The Kier molecular flexibility index (Phi) is 2.68. The molecule has 0 N–H and O–H groups in total. The lowest BCUT2D eigenvalue weighted by molar-refractivity contribution is 0.408. The van der Waals surface area contributed by atoms with E-state index in [4.69, 9.17) is 0 Å². The van der Waals surface area contributed by atoms with E-state index in [-0.39, 0.29) is 0 Å². The molecule has 16 heavy (non-hydrogen) atoms. The van der Waals surface area contributed by atoms with E-state index in [1.165, 1.54) is 48.2 Å². The smallest absolute Gasteiger partial charge is 0.0429 e. The predicted molar refractivity (Wildman–Crippen MR) is 71.1 cm³/mol. The third-order valence-corrected chi connectivity index (χ3v) is 4.27. The lowest BCUT2D eigenvalue weighted by Gasteiger charge is -2.26. The molecule has 0 saturated carbocycles. The van der Waals surface area contributed by atoms with E-state index in [1.807, 2.05) is 0 Å². The van der Waals surface area contributed by atoms with Crippen molar-refractivity contribution in [1.82, 2.24) is 4.90 Å². The van der Waals surface area contributed by atoms with Gasteiger partial charge in [-0.25, -0.2) is 0 Å². The first-order valence-corrected chi connectivity index (χ1v) is 6.77. The fourth-order valence-electron chi connectivity index (χ4n) is 2.94. The highest BCUT2D eigenvalue weighted by Crippen LogP contribution is 2.33. The van der Waals surface area contributed by atoms with Crippen LogP contribution in [0.4, 0.5) is 5.69 Å². The van der Waals surface area contributed by atoms with Crippen LogP contribution in [0.1, 0.15) is 12.0 Å². The molecule has 0 radical (unpaired) electrons. The number of nitrogens with zero attached hydrogens (tertiary/aromatic N) is 2. The number of benzene rings is 1. The number of anilines is 1. The van der Waals surface area contributed by atoms with Crippen LogP contribution >= 0.6 is 15.9 Å². The molecule has 3 rings (SSSR count). The monoisotopic (exact) mass is 280 g/mol. The molecule has 1 atom stereocenters. The Bertz CT molecular complexity index is 405. The highest BCUT2D eigenvalue weighted by atomic mass is 79.9. The SMILES string of the molecule is CN1CCC(N2CCc3cc(Br)ccc32)C1. The van der Waals surface area contributed by atoms with Crippen LogP contribution in [0.15, 0.2) is 22.7 Å². The number of fused-ring (bicyclic) bond motifs is 1. The Morgan fingerprint density at radius 2 is 2.19 bits per heavy atom. The van der Waals surface area contributed by atoms with Crippen LogP contribution in [0.3, 0.4) is 0 Å². The third-order valence-electron chi connectivity index (χ3n) is 3.78. The van der Waals surface area contributed by atoms with Crippen molar-refractivity contribution in [2.75, 3.05) is 31.6 Å². The average Bonchev–Trinajstić information content (AvgIpc) is 2.83. The van der Waals surface area contributed by atoms with Gasteiger partial charge in [0.2, 0.25) is 0 Å². The largest absolute Gasteiger partial charge is 0.367 e. The summed E-state index contributed by atoms with van der Waals surface area (Å²) in [7, 11) is 2.22. The average molecular weight is 281 g/mol. The summed E-state index contributed by atoms with van der Waals surface area (Å²) < 4.78 is 1.21. The second kappa shape index (κ2) is 4.04. The van der Waals surface area contributed by atoms with Crippen LogP contribution in [-0.4, -0.2) is 37.6 Å². The van der Waals surface area contributed by atoms with Gasteiger partial charge in [-0.1, -0.05) is 15.9 Å². The summed E-state index contributed by atoms with van der Waals surface area (Å²) in [4.78, 5) is 5.03. The topological polar surface area (TPSA) is 6.48 Å². The molecule has 1 saturated heterocycles. The third kappa shape index (κ3) is 1.76. The summed E-state index contributed by atoms with van der Waals surface area (Å²) in [6, 6.07) is 7.43. The van der Waals surface area contributed by atoms with E-state index in [0.717, 1.165) is 6.04 Å². The van der Waals surface area contributed by atoms with Crippen LogP contribution in [0, 0.1) is 0 Å². The molecule has 2 aliphatic heterocycles. The van der Waals surface area contributed by atoms with Crippen molar-refractivity contribution in [3.05, 3.63) is 28.2 Å². The van der Waals surface area contributed by atoms with E-state index < -0.39 is 0 Å². The van der Waals surface area contributed by atoms with E-state index in [0.29, 0.717) is 0 Å². The van der Waals surface area contributed by atoms with Gasteiger partial charge in [0, 0.05) is 29.3 Å². The molecule has 86 valence electrons. The minimum absolute atomic E-state index is 0.729. The number of likely N-dealkylation sites (N-methyl/N-ethyl adjacent to an activating group) is 1. The minimum Gasteiger partial charge on any atom is -0.367 e. The van der Waals surface area contributed by atoms with Crippen molar-refractivity contribution in [1.29, 1.82) is 0 Å². The first-order chi connectivity index (χ1) is 7.74. The van der Waals surface area contributed by atoms with Gasteiger partial charge in [-0.05, 0) is 50.2 Å². The zero-order chi connectivity index (χ0) is 11.1. The lowest BCUT2D eigenvalue weighted by Crippen LogP contribution is -2.35. The molecule has 3 heteroatoms. The molecule has 0 bridgehead atoms. The fourth-order valence-corrected chi connectivity index (χ4v) is 3.35. The van der Waals surface area contributed by atoms with Crippen molar-refractivity contribution in [2.45, 2.75) is 18.9 Å².